The summed E-state index contributed by atoms with van der Waals surface area (Å²) >= 11 is 1.54. The van der Waals surface area contributed by atoms with Gasteiger partial charge in [0.25, 0.3) is 0 Å². The standard InChI is InChI=1S/C15H22N2O2S.ClH/c1-8(14(17)19)20-12-6-9-4-5-10(18)7-11(9)15(2,3)13(12)16;/h4-5,7-8,12-13,18H,6,16H2,1-3H3,(H2,17,19);1H. The van der Waals surface area contributed by atoms with Crippen molar-refractivity contribution in [2.24, 2.45) is 11.5 Å². The maximum atomic E-state index is 11.3. The minimum Gasteiger partial charge on any atom is -0.508 e. The molecule has 0 heterocycles. The largest absolute Gasteiger partial charge is 0.508 e. The number of carbonyl (C=O) groups is 1. The van der Waals surface area contributed by atoms with Crippen molar-refractivity contribution in [2.45, 2.75) is 49.1 Å². The van der Waals surface area contributed by atoms with Crippen molar-refractivity contribution in [3.05, 3.63) is 29.3 Å². The number of aromatic hydroxyl groups is 1. The van der Waals surface area contributed by atoms with E-state index in [1.165, 1.54) is 5.56 Å². The molecule has 4 nitrogen and oxygen atoms in total. The highest BCUT2D eigenvalue weighted by molar-refractivity contribution is 8.01. The molecule has 0 radical (unpaired) electrons. The Morgan fingerprint density at radius 3 is 2.67 bits per heavy atom. The smallest absolute Gasteiger partial charge is 0.230 e. The molecule has 118 valence electrons. The van der Waals surface area contributed by atoms with Gasteiger partial charge in [0.2, 0.25) is 5.91 Å². The molecule has 0 saturated heterocycles. The number of fused-ring (bicyclic) bond motifs is 1. The first-order valence-corrected chi connectivity index (χ1v) is 7.70. The summed E-state index contributed by atoms with van der Waals surface area (Å²) in [5.74, 6) is -0.0443. The second kappa shape index (κ2) is 6.46. The van der Waals surface area contributed by atoms with Crippen LogP contribution in [0.5, 0.6) is 5.75 Å². The van der Waals surface area contributed by atoms with Crippen LogP contribution in [0.2, 0.25) is 0 Å². The number of carbonyl (C=O) groups excluding carboxylic acids is 1. The van der Waals surface area contributed by atoms with Crippen LogP contribution in [0.1, 0.15) is 31.9 Å². The first kappa shape index (κ1) is 18.1. The minimum atomic E-state index is -0.309. The zero-order chi connectivity index (χ0) is 15.1. The number of phenols is 1. The van der Waals surface area contributed by atoms with E-state index in [2.05, 4.69) is 13.8 Å². The Balaban J connectivity index is 0.00000220. The molecule has 1 aliphatic rings. The van der Waals surface area contributed by atoms with Crippen molar-refractivity contribution in [1.29, 1.82) is 0 Å². The van der Waals surface area contributed by atoms with E-state index >= 15 is 0 Å². The highest BCUT2D eigenvalue weighted by Crippen LogP contribution is 2.42. The zero-order valence-corrected chi connectivity index (χ0v) is 14.1. The van der Waals surface area contributed by atoms with Crippen LogP contribution < -0.4 is 11.5 Å². The number of hydrogen-bond acceptors (Lipinski definition) is 4. The SMILES string of the molecule is CC(SC1Cc2ccc(O)cc2C(C)(C)C1N)C(N)=O.Cl. The minimum absolute atomic E-state index is 0. The summed E-state index contributed by atoms with van der Waals surface area (Å²) in [5, 5.41) is 9.58. The molecule has 1 aromatic carbocycles. The summed E-state index contributed by atoms with van der Waals surface area (Å²) in [4.78, 5) is 11.3. The van der Waals surface area contributed by atoms with Crippen molar-refractivity contribution in [3.8, 4) is 5.75 Å². The number of primary amides is 1. The Bertz CT molecular complexity index is 536. The lowest BCUT2D eigenvalue weighted by molar-refractivity contribution is -0.117. The third kappa shape index (κ3) is 3.47. The molecule has 2 rings (SSSR count). The van der Waals surface area contributed by atoms with Gasteiger partial charge in [0.1, 0.15) is 5.75 Å². The lowest BCUT2D eigenvalue weighted by Gasteiger charge is -2.43. The Morgan fingerprint density at radius 2 is 2.10 bits per heavy atom. The lowest BCUT2D eigenvalue weighted by Crippen LogP contribution is -2.53. The average Bonchev–Trinajstić information content (AvgIpc) is 2.37. The highest BCUT2D eigenvalue weighted by Gasteiger charge is 2.41. The molecule has 6 heteroatoms. The van der Waals surface area contributed by atoms with Crippen molar-refractivity contribution in [1.82, 2.24) is 0 Å². The van der Waals surface area contributed by atoms with Gasteiger partial charge in [-0.25, -0.2) is 0 Å². The molecule has 21 heavy (non-hydrogen) atoms. The van der Waals surface area contributed by atoms with Gasteiger partial charge in [0.15, 0.2) is 0 Å². The third-order valence-corrected chi connectivity index (χ3v) is 5.67. The van der Waals surface area contributed by atoms with Gasteiger partial charge < -0.3 is 16.6 Å². The fraction of sp³-hybridized carbons (Fsp3) is 0.533. The van der Waals surface area contributed by atoms with Crippen LogP contribution in [0.3, 0.4) is 0 Å². The molecular weight excluding hydrogens is 308 g/mol. The molecule has 1 aromatic rings. The van der Waals surface area contributed by atoms with Gasteiger partial charge in [0, 0.05) is 16.7 Å². The molecule has 0 spiro atoms. The average molecular weight is 331 g/mol. The predicted octanol–water partition coefficient (Wildman–Crippen LogP) is 1.95. The van der Waals surface area contributed by atoms with Crippen LogP contribution in [0, 0.1) is 0 Å². The Kier molecular flexibility index (Phi) is 5.58. The molecule has 0 bridgehead atoms. The molecule has 0 aromatic heterocycles. The van der Waals surface area contributed by atoms with E-state index in [9.17, 15) is 9.90 Å². The molecule has 5 N–H and O–H groups in total. The van der Waals surface area contributed by atoms with Crippen LogP contribution >= 0.6 is 24.2 Å². The summed E-state index contributed by atoms with van der Waals surface area (Å²) in [6, 6.07) is 5.35. The van der Waals surface area contributed by atoms with Crippen LogP contribution in [0.15, 0.2) is 18.2 Å². The van der Waals surface area contributed by atoms with Gasteiger partial charge in [-0.3, -0.25) is 4.79 Å². The topological polar surface area (TPSA) is 89.3 Å². The molecular formula is C15H23ClN2O2S. The number of phenolic OH excluding ortho intramolecular Hbond substituents is 1. The van der Waals surface area contributed by atoms with Gasteiger partial charge in [0.05, 0.1) is 5.25 Å². The third-order valence-electron chi connectivity index (χ3n) is 4.22. The van der Waals surface area contributed by atoms with Gasteiger partial charge in [-0.05, 0) is 36.6 Å². The molecule has 0 aliphatic heterocycles. The predicted molar refractivity (Wildman–Crippen MR) is 90.1 cm³/mol. The molecule has 3 unspecified atom stereocenters. The number of halogens is 1. The van der Waals surface area contributed by atoms with E-state index in [4.69, 9.17) is 11.5 Å². The lowest BCUT2D eigenvalue weighted by atomic mass is 9.69. The van der Waals surface area contributed by atoms with E-state index in [1.54, 1.807) is 23.9 Å². The van der Waals surface area contributed by atoms with E-state index in [-0.39, 0.29) is 46.0 Å². The van der Waals surface area contributed by atoms with Crippen LogP contribution in [0.25, 0.3) is 0 Å². The maximum absolute atomic E-state index is 11.3. The highest BCUT2D eigenvalue weighted by atomic mass is 35.5. The quantitative estimate of drug-likeness (QED) is 0.790. The van der Waals surface area contributed by atoms with E-state index < -0.39 is 0 Å². The summed E-state index contributed by atoms with van der Waals surface area (Å²) in [6.45, 7) is 5.98. The summed E-state index contributed by atoms with van der Waals surface area (Å²) in [5.41, 5.74) is 13.8. The first-order chi connectivity index (χ1) is 9.23. The molecule has 3 atom stereocenters. The van der Waals surface area contributed by atoms with Gasteiger partial charge in [-0.15, -0.1) is 24.2 Å². The Hall–Kier alpha value is -0.910. The number of thioether (sulfide) groups is 1. The van der Waals surface area contributed by atoms with E-state index in [0.717, 1.165) is 12.0 Å². The van der Waals surface area contributed by atoms with Crippen LogP contribution in [0.4, 0.5) is 0 Å². The van der Waals surface area contributed by atoms with Gasteiger partial charge in [-0.2, -0.15) is 0 Å². The summed E-state index contributed by atoms with van der Waals surface area (Å²) < 4.78 is 0. The maximum Gasteiger partial charge on any atom is 0.230 e. The van der Waals surface area contributed by atoms with Crippen LogP contribution in [-0.4, -0.2) is 27.6 Å². The summed E-state index contributed by atoms with van der Waals surface area (Å²) in [6.07, 6.45) is 0.794. The molecule has 1 amide bonds. The number of benzene rings is 1. The van der Waals surface area contributed by atoms with Crippen molar-refractivity contribution in [3.63, 3.8) is 0 Å². The van der Waals surface area contributed by atoms with E-state index in [0.29, 0.717) is 0 Å². The molecule has 0 saturated carbocycles. The first-order valence-electron chi connectivity index (χ1n) is 6.76. The molecule has 1 aliphatic carbocycles. The van der Waals surface area contributed by atoms with E-state index in [1.807, 2.05) is 13.0 Å². The second-order valence-electron chi connectivity index (χ2n) is 6.01. The fourth-order valence-corrected chi connectivity index (χ4v) is 4.24. The Morgan fingerprint density at radius 1 is 1.48 bits per heavy atom. The number of amides is 1. The second-order valence-corrected chi connectivity index (χ2v) is 7.60. The van der Waals surface area contributed by atoms with Crippen molar-refractivity contribution in [2.75, 3.05) is 0 Å². The summed E-state index contributed by atoms with van der Waals surface area (Å²) in [7, 11) is 0. The Labute approximate surface area is 136 Å². The molecule has 0 fully saturated rings. The van der Waals surface area contributed by atoms with Crippen molar-refractivity contribution >= 4 is 30.1 Å². The monoisotopic (exact) mass is 330 g/mol. The van der Waals surface area contributed by atoms with Gasteiger partial charge in [-0.1, -0.05) is 19.9 Å². The fourth-order valence-electron chi connectivity index (χ4n) is 2.79. The van der Waals surface area contributed by atoms with Crippen molar-refractivity contribution < 1.29 is 9.90 Å². The normalized spacial score (nSPS) is 24.6. The number of hydrogen-bond donors (Lipinski definition) is 3. The van der Waals surface area contributed by atoms with Crippen LogP contribution in [-0.2, 0) is 16.6 Å². The van der Waals surface area contributed by atoms with Gasteiger partial charge >= 0.3 is 0 Å². The number of nitrogens with two attached hydrogens (primary N) is 2. The zero-order valence-electron chi connectivity index (χ0n) is 12.5. The number of rotatable bonds is 3.